The second kappa shape index (κ2) is 19.8. The third-order valence-electron chi connectivity index (χ3n) is 12.7. The fourth-order valence-electron chi connectivity index (χ4n) is 9.27. The lowest BCUT2D eigenvalue weighted by Gasteiger charge is -2.47. The number of carbonyl (C=O) groups excluding carboxylic acids is 4. The smallest absolute Gasteiger partial charge is 0.329 e. The predicted molar refractivity (Wildman–Crippen MR) is 203 cm³/mol. The van der Waals surface area contributed by atoms with E-state index in [4.69, 9.17) is 23.7 Å². The molecule has 0 unspecified atom stereocenters. The van der Waals surface area contributed by atoms with Gasteiger partial charge in [-0.05, 0) is 89.0 Å². The van der Waals surface area contributed by atoms with Crippen LogP contribution in [0.15, 0.2) is 23.3 Å². The second-order valence-corrected chi connectivity index (χ2v) is 16.7. The Morgan fingerprint density at radius 3 is 2.27 bits per heavy atom. The molecule has 3 aliphatic heterocycles. The zero-order valence-electron chi connectivity index (χ0n) is 34.4. The Morgan fingerprint density at radius 2 is 1.64 bits per heavy atom. The van der Waals surface area contributed by atoms with E-state index in [0.717, 1.165) is 5.57 Å². The molecule has 2 saturated heterocycles. The monoisotopic (exact) mass is 777 g/mol. The number of rotatable bonds is 6. The first-order valence-corrected chi connectivity index (χ1v) is 20.3. The van der Waals surface area contributed by atoms with Crippen LogP contribution in [-0.2, 0) is 42.9 Å². The van der Waals surface area contributed by atoms with Crippen LogP contribution in [-0.4, -0.2) is 126 Å². The third kappa shape index (κ3) is 10.3. The van der Waals surface area contributed by atoms with E-state index in [1.165, 1.54) is 19.1 Å². The van der Waals surface area contributed by atoms with Crippen LogP contribution in [0.2, 0.25) is 0 Å². The van der Waals surface area contributed by atoms with E-state index in [0.29, 0.717) is 50.5 Å². The molecule has 0 aromatic carbocycles. The summed E-state index contributed by atoms with van der Waals surface area (Å²) >= 11 is 0. The Hall–Kier alpha value is -2.52. The lowest BCUT2D eigenvalue weighted by molar-refractivity contribution is -0.305. The van der Waals surface area contributed by atoms with E-state index in [9.17, 15) is 34.5 Å². The van der Waals surface area contributed by atoms with Crippen LogP contribution in [0.5, 0.6) is 0 Å². The van der Waals surface area contributed by atoms with E-state index in [-0.39, 0.29) is 49.5 Å². The van der Waals surface area contributed by atoms with E-state index >= 15 is 0 Å². The molecule has 3 fully saturated rings. The van der Waals surface area contributed by atoms with Gasteiger partial charge in [-0.15, -0.1) is 0 Å². The van der Waals surface area contributed by atoms with E-state index in [2.05, 4.69) is 0 Å². The summed E-state index contributed by atoms with van der Waals surface area (Å²) in [6.07, 6.45) is 2.89. The lowest BCUT2D eigenvalue weighted by atomic mass is 9.80. The molecule has 2 bridgehead atoms. The van der Waals surface area contributed by atoms with Gasteiger partial charge in [0.05, 0.1) is 30.5 Å². The number of fused-ring (bicyclic) bond motifs is 3. The van der Waals surface area contributed by atoms with Gasteiger partial charge in [-0.25, -0.2) is 4.79 Å². The summed E-state index contributed by atoms with van der Waals surface area (Å²) in [5.74, 6) is -7.85. The molecule has 1 saturated carbocycles. The summed E-state index contributed by atoms with van der Waals surface area (Å²) in [7, 11) is 4.60. The van der Waals surface area contributed by atoms with Gasteiger partial charge >= 0.3 is 5.97 Å². The highest BCUT2D eigenvalue weighted by molar-refractivity contribution is 6.39. The zero-order valence-corrected chi connectivity index (χ0v) is 34.4. The number of aliphatic hydroxyl groups excluding tert-OH is 2. The molecule has 3 heterocycles. The molecular weight excluding hydrogens is 710 g/mol. The topological polar surface area (TPSA) is 178 Å². The number of cyclic esters (lactones) is 1. The third-order valence-corrected chi connectivity index (χ3v) is 12.7. The van der Waals surface area contributed by atoms with Crippen LogP contribution in [0.1, 0.15) is 106 Å². The molecule has 14 atom stereocenters. The Morgan fingerprint density at radius 1 is 0.945 bits per heavy atom. The normalized spacial score (nSPS) is 41.9. The average Bonchev–Trinajstić information content (AvgIpc) is 3.16. The molecule has 13 nitrogen and oxygen atoms in total. The first-order chi connectivity index (χ1) is 26.0. The number of allylic oxidation sites excluding steroid dienone is 3. The highest BCUT2D eigenvalue weighted by Gasteiger charge is 2.57. The summed E-state index contributed by atoms with van der Waals surface area (Å²) in [6, 6.07) is -1.13. The molecule has 0 aromatic rings. The number of carbonyl (C=O) groups is 4. The molecule has 1 aliphatic carbocycles. The van der Waals surface area contributed by atoms with Crippen molar-refractivity contribution in [1.82, 2.24) is 4.90 Å². The van der Waals surface area contributed by atoms with E-state index in [1.54, 1.807) is 21.0 Å². The molecule has 0 radical (unpaired) electrons. The molecule has 4 rings (SSSR count). The van der Waals surface area contributed by atoms with Crippen molar-refractivity contribution in [2.45, 2.75) is 160 Å². The summed E-state index contributed by atoms with van der Waals surface area (Å²) in [5, 5.41) is 34.0. The summed E-state index contributed by atoms with van der Waals surface area (Å²) < 4.78 is 29.8. The van der Waals surface area contributed by atoms with E-state index < -0.39 is 83.9 Å². The zero-order chi connectivity index (χ0) is 40.8. The highest BCUT2D eigenvalue weighted by atomic mass is 16.7. The van der Waals surface area contributed by atoms with Gasteiger partial charge in [0, 0.05) is 52.0 Å². The Bertz CT molecular complexity index is 1410. The summed E-state index contributed by atoms with van der Waals surface area (Å²) in [6.45, 7) is 11.1. The van der Waals surface area contributed by atoms with E-state index in [1.807, 2.05) is 39.8 Å². The van der Waals surface area contributed by atoms with Crippen molar-refractivity contribution in [3.05, 3.63) is 23.3 Å². The largest absolute Gasteiger partial charge is 0.456 e. The summed E-state index contributed by atoms with van der Waals surface area (Å²) in [5.41, 5.74) is 1.58. The first kappa shape index (κ1) is 45.2. The van der Waals surface area contributed by atoms with Crippen molar-refractivity contribution in [1.29, 1.82) is 0 Å². The Kier molecular flexibility index (Phi) is 16.2. The number of hydrogen-bond acceptors (Lipinski definition) is 12. The Labute approximate surface area is 327 Å². The van der Waals surface area contributed by atoms with Crippen LogP contribution in [0.3, 0.4) is 0 Å². The molecule has 0 spiro atoms. The maximum absolute atomic E-state index is 14.2. The van der Waals surface area contributed by atoms with Crippen LogP contribution in [0, 0.1) is 29.6 Å². The lowest BCUT2D eigenvalue weighted by Crippen LogP contribution is -2.65. The van der Waals surface area contributed by atoms with Crippen LogP contribution >= 0.6 is 0 Å². The Balaban J connectivity index is 1.78. The first-order valence-electron chi connectivity index (χ1n) is 20.3. The number of Topliss-reactive ketones (excluding diaryl/α,β-unsaturated/α-hetero) is 2. The number of esters is 1. The van der Waals surface area contributed by atoms with Gasteiger partial charge in [-0.2, -0.15) is 0 Å². The number of nitrogens with zero attached hydrogens (tertiary/aromatic N) is 1. The van der Waals surface area contributed by atoms with Gasteiger partial charge < -0.3 is 43.9 Å². The maximum atomic E-state index is 14.2. The number of ketones is 2. The van der Waals surface area contributed by atoms with Gasteiger partial charge in [0.2, 0.25) is 5.79 Å². The molecule has 55 heavy (non-hydrogen) atoms. The molecule has 13 heteroatoms. The number of amides is 1. The van der Waals surface area contributed by atoms with Crippen molar-refractivity contribution in [2.75, 3.05) is 27.9 Å². The average molecular weight is 778 g/mol. The highest BCUT2D eigenvalue weighted by Crippen LogP contribution is 2.40. The van der Waals surface area contributed by atoms with Gasteiger partial charge in [0.1, 0.15) is 24.0 Å². The number of piperidine rings is 1. The van der Waals surface area contributed by atoms with Crippen LogP contribution in [0.25, 0.3) is 0 Å². The second-order valence-electron chi connectivity index (χ2n) is 16.7. The van der Waals surface area contributed by atoms with Gasteiger partial charge in [-0.1, -0.05) is 45.4 Å². The van der Waals surface area contributed by atoms with Crippen molar-refractivity contribution < 1.29 is 58.2 Å². The van der Waals surface area contributed by atoms with Crippen molar-refractivity contribution >= 4 is 23.4 Å². The number of methoxy groups -OCH3 is 3. The van der Waals surface area contributed by atoms with Gasteiger partial charge in [0.15, 0.2) is 0 Å². The van der Waals surface area contributed by atoms with Gasteiger partial charge in [-0.3, -0.25) is 14.4 Å². The SMILES string of the molecule is CC[C@@H]1/C=C(\C)C[C@H](C)[C@H](OC)[C@H]2O[C@@](O)(C(=O)C(=O)N3CCCC[C@H]3C(=O)O[C@H](/C(C)=C/[C@@H]3CC[C@@H](O)[C@H](OC)C3)[C@H](C)[C@@H](O)CC1=O)[C@H](C)C[C@@H]2OC. The maximum Gasteiger partial charge on any atom is 0.329 e. The molecule has 0 aromatic heterocycles. The molecule has 4 aliphatic rings. The van der Waals surface area contributed by atoms with Crippen molar-refractivity contribution in [2.24, 2.45) is 29.6 Å². The molecule has 312 valence electrons. The van der Waals surface area contributed by atoms with Gasteiger partial charge in [0.25, 0.3) is 11.7 Å². The van der Waals surface area contributed by atoms with Crippen LogP contribution in [0.4, 0.5) is 0 Å². The fraction of sp³-hybridized carbons (Fsp3) is 0.810. The van der Waals surface area contributed by atoms with Crippen molar-refractivity contribution in [3.8, 4) is 0 Å². The molecule has 1 amide bonds. The van der Waals surface area contributed by atoms with Crippen molar-refractivity contribution in [3.63, 3.8) is 0 Å². The minimum absolute atomic E-state index is 0.00176. The fourth-order valence-corrected chi connectivity index (χ4v) is 9.27. The standard InChI is InChI=1S/C42H67NO12/c1-10-29-18-23(2)17-24(3)37(53-9)38-35(52-8)20-26(5)42(50,55-38)39(47)40(48)43-16-12-11-13-30(43)41(49)54-36(27(6)32(45)22-33(29)46)25(4)19-28-14-15-31(44)34(21-28)51-7/h18-19,24,26-32,34-38,44-45,50H,10-17,20-22H2,1-9H3/b23-18+,25-19+/t24-,26+,27+,28-,29+,30-,31+,32-,34+,35-,36+,37-,38-,42+/m0/s1. The minimum atomic E-state index is -2.52. The predicted octanol–water partition coefficient (Wildman–Crippen LogP) is 4.08. The minimum Gasteiger partial charge on any atom is -0.456 e. The van der Waals surface area contributed by atoms with Crippen LogP contribution < -0.4 is 0 Å². The quantitative estimate of drug-likeness (QED) is 0.200. The molecule has 3 N–H and O–H groups in total. The number of ether oxygens (including phenoxy) is 5. The summed E-state index contributed by atoms with van der Waals surface area (Å²) in [4.78, 5) is 57.6. The number of hydrogen-bond donors (Lipinski definition) is 3. The number of aliphatic hydroxyl groups is 3. The molecular formula is C42H67NO12.